The van der Waals surface area contributed by atoms with E-state index in [0.29, 0.717) is 11.8 Å². The van der Waals surface area contributed by atoms with Crippen LogP contribution in [0.4, 0.5) is 0 Å². The van der Waals surface area contributed by atoms with Crippen molar-refractivity contribution in [2.45, 2.75) is 54.4 Å². The number of rotatable bonds is 4. The number of pyridine rings is 1. The van der Waals surface area contributed by atoms with Crippen LogP contribution in [0.25, 0.3) is 43.6 Å². The highest BCUT2D eigenvalue weighted by molar-refractivity contribution is 6.16. The Morgan fingerprint density at radius 1 is 0.778 bits per heavy atom. The zero-order valence-electron chi connectivity index (χ0n) is 22.6. The number of aromatic nitrogens is 1. The van der Waals surface area contributed by atoms with Crippen LogP contribution in [0.3, 0.4) is 0 Å². The predicted molar refractivity (Wildman–Crippen MR) is 152 cm³/mol. The van der Waals surface area contributed by atoms with Crippen LogP contribution < -0.4 is 9.30 Å². The van der Waals surface area contributed by atoms with Gasteiger partial charge >= 0.3 is 0 Å². The normalized spacial score (nSPS) is 12.7. The van der Waals surface area contributed by atoms with Crippen molar-refractivity contribution in [3.63, 3.8) is 0 Å². The van der Waals surface area contributed by atoms with E-state index in [0.717, 1.165) is 24.3 Å². The van der Waals surface area contributed by atoms with Crippen molar-refractivity contribution in [2.24, 2.45) is 18.9 Å². The topological polar surface area (TPSA) is 13.1 Å². The minimum atomic E-state index is 0.532. The van der Waals surface area contributed by atoms with Crippen LogP contribution in [-0.4, -0.2) is 0 Å². The molecule has 5 aromatic rings. The Morgan fingerprint density at radius 3 is 2.31 bits per heavy atom. The van der Waals surface area contributed by atoms with Crippen LogP contribution in [-0.2, 0) is 19.9 Å². The Labute approximate surface area is 214 Å². The monoisotopic (exact) mass is 474 g/mol. The average Bonchev–Trinajstić information content (AvgIpc) is 2.83. The number of fused-ring (bicyclic) bond motifs is 5. The van der Waals surface area contributed by atoms with Crippen LogP contribution in [0.15, 0.2) is 54.7 Å². The van der Waals surface area contributed by atoms with E-state index in [1.165, 1.54) is 65.8 Å². The quantitative estimate of drug-likeness (QED) is 0.184. The summed E-state index contributed by atoms with van der Waals surface area (Å²) in [6, 6.07) is 18.3. The summed E-state index contributed by atoms with van der Waals surface area (Å²) in [5.41, 5.74) is 7.85. The molecule has 2 nitrogen and oxygen atoms in total. The first-order chi connectivity index (χ1) is 17.2. The highest BCUT2D eigenvalue weighted by Gasteiger charge is 2.33. The van der Waals surface area contributed by atoms with Gasteiger partial charge in [0.05, 0.1) is 10.9 Å². The van der Waals surface area contributed by atoms with Gasteiger partial charge in [-0.3, -0.25) is 0 Å². The molecule has 0 spiro atoms. The molecule has 0 aliphatic carbocycles. The van der Waals surface area contributed by atoms with E-state index in [4.69, 9.17) is 4.74 Å². The maximum absolute atomic E-state index is 7.01. The molecule has 36 heavy (non-hydrogen) atoms. The molecule has 0 saturated carbocycles. The molecule has 0 radical (unpaired) electrons. The van der Waals surface area contributed by atoms with Gasteiger partial charge in [0.1, 0.15) is 18.5 Å². The number of ether oxygens (including phenoxy) is 1. The fourth-order valence-corrected chi connectivity index (χ4v) is 6.27. The number of hydrogen-bond donors (Lipinski definition) is 0. The van der Waals surface area contributed by atoms with Gasteiger partial charge in [-0.2, -0.15) is 0 Å². The van der Waals surface area contributed by atoms with Gasteiger partial charge in [0.15, 0.2) is 6.20 Å². The van der Waals surface area contributed by atoms with Gasteiger partial charge in [0.25, 0.3) is 0 Å². The molecule has 0 amide bonds. The fourth-order valence-electron chi connectivity index (χ4n) is 6.27. The third-order valence-electron chi connectivity index (χ3n) is 7.80. The second kappa shape index (κ2) is 8.34. The maximum Gasteiger partial charge on any atom is 0.228 e. The number of hydrogen-bond acceptors (Lipinski definition) is 1. The molecule has 1 aliphatic heterocycles. The maximum atomic E-state index is 7.01. The van der Waals surface area contributed by atoms with Crippen LogP contribution >= 0.6 is 0 Å². The molecule has 6 rings (SSSR count). The zero-order valence-corrected chi connectivity index (χ0v) is 22.6. The van der Waals surface area contributed by atoms with E-state index in [9.17, 15) is 0 Å². The first-order valence-electron chi connectivity index (χ1n) is 13.4. The molecule has 0 saturated heterocycles. The van der Waals surface area contributed by atoms with Gasteiger partial charge in [-0.1, -0.05) is 69.7 Å². The Balaban J connectivity index is 1.78. The van der Waals surface area contributed by atoms with Crippen molar-refractivity contribution in [1.29, 1.82) is 0 Å². The van der Waals surface area contributed by atoms with Gasteiger partial charge in [-0.15, -0.1) is 0 Å². The summed E-state index contributed by atoms with van der Waals surface area (Å²) in [4.78, 5) is 0. The van der Waals surface area contributed by atoms with Crippen molar-refractivity contribution >= 4 is 32.3 Å². The number of benzene rings is 4. The molecule has 2 heteroatoms. The lowest BCUT2D eigenvalue weighted by Crippen LogP contribution is -2.32. The number of nitrogens with zero attached hydrogens (tertiary/aromatic N) is 1. The van der Waals surface area contributed by atoms with E-state index >= 15 is 0 Å². The van der Waals surface area contributed by atoms with Crippen LogP contribution in [0, 0.1) is 25.7 Å². The smallest absolute Gasteiger partial charge is 0.228 e. The minimum Gasteiger partial charge on any atom is -0.455 e. The summed E-state index contributed by atoms with van der Waals surface area (Å²) in [5.74, 6) is 3.17. The summed E-state index contributed by atoms with van der Waals surface area (Å²) in [7, 11) is 2.18. The molecule has 2 heterocycles. The van der Waals surface area contributed by atoms with E-state index in [1.807, 2.05) is 0 Å². The van der Waals surface area contributed by atoms with Crippen molar-refractivity contribution in [2.75, 3.05) is 0 Å². The summed E-state index contributed by atoms with van der Waals surface area (Å²) in [6.07, 6.45) is 4.28. The molecule has 0 bridgehead atoms. The predicted octanol–water partition coefficient (Wildman–Crippen LogP) is 8.76. The molecule has 1 aromatic heterocycles. The van der Waals surface area contributed by atoms with Crippen LogP contribution in [0.1, 0.15) is 49.9 Å². The van der Waals surface area contributed by atoms with Crippen molar-refractivity contribution in [3.8, 4) is 22.8 Å². The van der Waals surface area contributed by atoms with E-state index < -0.39 is 0 Å². The van der Waals surface area contributed by atoms with Crippen LogP contribution in [0.5, 0.6) is 11.5 Å². The lowest BCUT2D eigenvalue weighted by atomic mass is 9.85. The van der Waals surface area contributed by atoms with Gasteiger partial charge in [0, 0.05) is 17.0 Å². The zero-order chi connectivity index (χ0) is 25.3. The highest BCUT2D eigenvalue weighted by Crippen LogP contribution is 2.52. The fraction of sp³-hybridized carbons (Fsp3) is 0.324. The first kappa shape index (κ1) is 23.0. The van der Waals surface area contributed by atoms with Gasteiger partial charge in [-0.05, 0) is 77.3 Å². The molecule has 0 N–H and O–H groups in total. The standard InChI is InChI=1S/C34H36NO/c1-19(2)15-23-9-8-10-24-26-13-14-35(7)33-31-22(6)27-17-21(5)11-12-25(27)29(16-20(3)4)34(31)36-30(32(26)33)18-28(23)24/h8-14,17-20H,15-16H2,1-7H3/q+1. The Hall–Kier alpha value is -3.39. The van der Waals surface area contributed by atoms with E-state index in [2.05, 4.69) is 108 Å². The van der Waals surface area contributed by atoms with Crippen molar-refractivity contribution < 1.29 is 9.30 Å². The molecule has 0 atom stereocenters. The lowest BCUT2D eigenvalue weighted by Gasteiger charge is -2.26. The molecule has 1 aliphatic rings. The SMILES string of the molecule is Cc1ccc2c(CC(C)C)c3c(c(C)c2c1)-c1c2c(cc4c(CC(C)C)cccc4c2cc[n+]1C)O3. The third-order valence-corrected chi connectivity index (χ3v) is 7.80. The molecular formula is C34H36NO+. The highest BCUT2D eigenvalue weighted by atomic mass is 16.5. The number of aryl methyl sites for hydroxylation is 3. The Bertz CT molecular complexity index is 1690. The van der Waals surface area contributed by atoms with Crippen molar-refractivity contribution in [3.05, 3.63) is 77.0 Å². The van der Waals surface area contributed by atoms with Gasteiger partial charge in [-0.25, -0.2) is 4.57 Å². The van der Waals surface area contributed by atoms with Gasteiger partial charge in [0.2, 0.25) is 5.69 Å². The molecule has 0 fully saturated rings. The summed E-state index contributed by atoms with van der Waals surface area (Å²) in [5, 5.41) is 7.81. The summed E-state index contributed by atoms with van der Waals surface area (Å²) >= 11 is 0. The van der Waals surface area contributed by atoms with Gasteiger partial charge < -0.3 is 4.74 Å². The molecule has 0 unspecified atom stereocenters. The van der Waals surface area contributed by atoms with E-state index in [-0.39, 0.29) is 0 Å². The van der Waals surface area contributed by atoms with Crippen molar-refractivity contribution in [1.82, 2.24) is 0 Å². The largest absolute Gasteiger partial charge is 0.455 e. The third kappa shape index (κ3) is 3.42. The molecule has 182 valence electrons. The van der Waals surface area contributed by atoms with Crippen LogP contribution in [0.2, 0.25) is 0 Å². The summed E-state index contributed by atoms with van der Waals surface area (Å²) in [6.45, 7) is 13.7. The van der Waals surface area contributed by atoms with E-state index in [1.54, 1.807) is 0 Å². The molecular weight excluding hydrogens is 438 g/mol. The minimum absolute atomic E-state index is 0.532. The lowest BCUT2D eigenvalue weighted by molar-refractivity contribution is -0.659. The molecule has 4 aromatic carbocycles. The Morgan fingerprint density at radius 2 is 1.56 bits per heavy atom. The first-order valence-corrected chi connectivity index (χ1v) is 13.4. The Kier molecular flexibility index (Phi) is 5.33. The summed E-state index contributed by atoms with van der Waals surface area (Å²) < 4.78 is 9.31. The average molecular weight is 475 g/mol. The second-order valence-corrected chi connectivity index (χ2v) is 11.6. The second-order valence-electron chi connectivity index (χ2n) is 11.6.